The van der Waals surface area contributed by atoms with Gasteiger partial charge in [-0.15, -0.1) is 0 Å². The number of ether oxygens (including phenoxy) is 1. The number of carbonyl (C=O) groups excluding carboxylic acids is 3. The molecule has 6 heteroatoms. The first-order chi connectivity index (χ1) is 16.7. The lowest BCUT2D eigenvalue weighted by atomic mass is 9.63. The number of ketones is 3. The Morgan fingerprint density at radius 3 is 2.14 bits per heavy atom. The van der Waals surface area contributed by atoms with Crippen LogP contribution in [0, 0.1) is 22.2 Å². The largest absolute Gasteiger partial charge is 0.497 e. The van der Waals surface area contributed by atoms with E-state index in [1.54, 1.807) is 66.8 Å². The molecule has 0 bridgehead atoms. The summed E-state index contributed by atoms with van der Waals surface area (Å²) in [6, 6.07) is 14.7. The highest BCUT2D eigenvalue weighted by Gasteiger charge is 2.71. The van der Waals surface area contributed by atoms with Crippen molar-refractivity contribution in [3.05, 3.63) is 89.1 Å². The van der Waals surface area contributed by atoms with Gasteiger partial charge in [0.2, 0.25) is 0 Å². The Bertz CT molecular complexity index is 1320. The lowest BCUT2D eigenvalue weighted by Crippen LogP contribution is -2.47. The molecule has 0 aromatic heterocycles. The van der Waals surface area contributed by atoms with Crippen molar-refractivity contribution in [1.82, 2.24) is 4.90 Å². The molecule has 1 fully saturated rings. The fraction of sp³-hybridized carbons (Fsp3) is 0.310. The Kier molecular flexibility index (Phi) is 5.06. The van der Waals surface area contributed by atoms with E-state index in [9.17, 15) is 19.6 Å². The van der Waals surface area contributed by atoms with Crippen LogP contribution in [0.1, 0.15) is 53.0 Å². The average molecular weight is 467 g/mol. The standard InChI is InChI=1S/C29H26N2O4/c1-28(2,3)27(34)24-23(18-10-12-19(35-4)13-11-18)29(22-14-9-17(15-30)16-31(22)24)25(32)20-7-5-6-8-21(20)26(29)33/h5-14,16,22-24H,1-4H3. The predicted molar refractivity (Wildman–Crippen MR) is 130 cm³/mol. The summed E-state index contributed by atoms with van der Waals surface area (Å²) >= 11 is 0. The molecule has 1 aliphatic carbocycles. The van der Waals surface area contributed by atoms with E-state index in [0.29, 0.717) is 28.0 Å². The van der Waals surface area contributed by atoms with Crippen LogP contribution in [0.4, 0.5) is 0 Å². The topological polar surface area (TPSA) is 87.5 Å². The Hall–Kier alpha value is -3.98. The van der Waals surface area contributed by atoms with E-state index in [1.165, 1.54) is 0 Å². The molecule has 2 heterocycles. The average Bonchev–Trinajstić information content (AvgIpc) is 3.28. The molecule has 35 heavy (non-hydrogen) atoms. The molecule has 3 atom stereocenters. The summed E-state index contributed by atoms with van der Waals surface area (Å²) in [7, 11) is 1.57. The van der Waals surface area contributed by atoms with E-state index in [-0.39, 0.29) is 17.3 Å². The first-order valence-corrected chi connectivity index (χ1v) is 11.6. The number of allylic oxidation sites excluding steroid dienone is 2. The highest BCUT2D eigenvalue weighted by molar-refractivity contribution is 6.31. The number of fused-ring (bicyclic) bond motifs is 3. The molecule has 176 valence electrons. The number of benzene rings is 2. The van der Waals surface area contributed by atoms with Gasteiger partial charge in [-0.2, -0.15) is 5.26 Å². The maximum absolute atomic E-state index is 14.3. The van der Waals surface area contributed by atoms with Crippen LogP contribution in [0.3, 0.4) is 0 Å². The molecular weight excluding hydrogens is 440 g/mol. The third kappa shape index (κ3) is 3.04. The monoisotopic (exact) mass is 466 g/mol. The zero-order valence-electron chi connectivity index (χ0n) is 20.1. The summed E-state index contributed by atoms with van der Waals surface area (Å²) in [6.07, 6.45) is 5.02. The Balaban J connectivity index is 1.83. The van der Waals surface area contributed by atoms with Crippen molar-refractivity contribution in [2.75, 3.05) is 7.11 Å². The number of nitriles is 1. The summed E-state index contributed by atoms with van der Waals surface area (Å²) in [6.45, 7) is 5.51. The highest BCUT2D eigenvalue weighted by Crippen LogP contribution is 2.60. The van der Waals surface area contributed by atoms with Gasteiger partial charge in [0.15, 0.2) is 17.3 Å². The first kappa shape index (κ1) is 22.8. The van der Waals surface area contributed by atoms with Gasteiger partial charge in [-0.25, -0.2) is 0 Å². The summed E-state index contributed by atoms with van der Waals surface area (Å²) in [5.41, 5.74) is -0.444. The van der Waals surface area contributed by atoms with Crippen LogP contribution >= 0.6 is 0 Å². The molecule has 2 aromatic carbocycles. The third-order valence-corrected chi connectivity index (χ3v) is 7.44. The minimum atomic E-state index is -1.53. The molecular formula is C29H26N2O4. The number of Topliss-reactive ketones (excluding diaryl/α,β-unsaturated/α-hetero) is 3. The number of hydrogen-bond donors (Lipinski definition) is 0. The quantitative estimate of drug-likeness (QED) is 0.620. The summed E-state index contributed by atoms with van der Waals surface area (Å²) < 4.78 is 5.33. The van der Waals surface area contributed by atoms with Gasteiger partial charge in [-0.1, -0.05) is 63.2 Å². The van der Waals surface area contributed by atoms with Crippen LogP contribution in [0.15, 0.2) is 72.5 Å². The highest BCUT2D eigenvalue weighted by atomic mass is 16.5. The molecule has 0 saturated carbocycles. The fourth-order valence-corrected chi connectivity index (χ4v) is 5.86. The molecule has 0 radical (unpaired) electrons. The van der Waals surface area contributed by atoms with E-state index in [4.69, 9.17) is 4.74 Å². The van der Waals surface area contributed by atoms with Crippen LogP contribution in [0.25, 0.3) is 0 Å². The van der Waals surface area contributed by atoms with E-state index < -0.39 is 28.8 Å². The molecule has 1 saturated heterocycles. The molecule has 5 rings (SSSR count). The first-order valence-electron chi connectivity index (χ1n) is 11.6. The minimum Gasteiger partial charge on any atom is -0.497 e. The SMILES string of the molecule is COc1ccc(C2C(C(=O)C(C)(C)C)N3C=C(C#N)C=CC3C23C(=O)c2ccccc2C3=O)cc1. The Morgan fingerprint density at radius 1 is 1.03 bits per heavy atom. The van der Waals surface area contributed by atoms with E-state index in [2.05, 4.69) is 6.07 Å². The number of nitrogens with zero attached hydrogens (tertiary/aromatic N) is 2. The number of carbonyl (C=O) groups is 3. The van der Waals surface area contributed by atoms with Gasteiger partial charge in [0.05, 0.1) is 24.8 Å². The Morgan fingerprint density at radius 2 is 1.63 bits per heavy atom. The van der Waals surface area contributed by atoms with Crippen LogP contribution in [0.5, 0.6) is 5.75 Å². The van der Waals surface area contributed by atoms with Crippen molar-refractivity contribution in [3.8, 4) is 11.8 Å². The van der Waals surface area contributed by atoms with Gasteiger partial charge in [0.1, 0.15) is 17.2 Å². The molecule has 3 aliphatic rings. The summed E-state index contributed by atoms with van der Waals surface area (Å²) in [5, 5.41) is 9.61. The van der Waals surface area contributed by atoms with Crippen LogP contribution in [-0.4, -0.2) is 41.4 Å². The molecule has 2 aromatic rings. The van der Waals surface area contributed by atoms with Crippen LogP contribution in [0.2, 0.25) is 0 Å². The Labute approximate surface area is 204 Å². The van der Waals surface area contributed by atoms with Gasteiger partial charge in [-0.05, 0) is 23.8 Å². The maximum atomic E-state index is 14.3. The minimum absolute atomic E-state index is 0.0967. The zero-order chi connectivity index (χ0) is 25.1. The second-order valence-corrected chi connectivity index (χ2v) is 10.3. The number of methoxy groups -OCH3 is 1. The van der Waals surface area contributed by atoms with Crippen molar-refractivity contribution in [1.29, 1.82) is 5.26 Å². The van der Waals surface area contributed by atoms with Gasteiger partial charge in [0.25, 0.3) is 0 Å². The third-order valence-electron chi connectivity index (χ3n) is 7.44. The van der Waals surface area contributed by atoms with E-state index in [1.807, 2.05) is 32.9 Å². The second kappa shape index (κ2) is 7.78. The number of hydrogen-bond acceptors (Lipinski definition) is 6. The summed E-state index contributed by atoms with van der Waals surface area (Å²) in [5.74, 6) is -0.777. The van der Waals surface area contributed by atoms with Crippen molar-refractivity contribution in [3.63, 3.8) is 0 Å². The van der Waals surface area contributed by atoms with Crippen LogP contribution in [-0.2, 0) is 4.79 Å². The summed E-state index contributed by atoms with van der Waals surface area (Å²) in [4.78, 5) is 44.3. The van der Waals surface area contributed by atoms with Crippen molar-refractivity contribution in [2.24, 2.45) is 10.8 Å². The lowest BCUT2D eigenvalue weighted by molar-refractivity contribution is -0.130. The van der Waals surface area contributed by atoms with Crippen LogP contribution < -0.4 is 4.74 Å². The fourth-order valence-electron chi connectivity index (χ4n) is 5.86. The lowest BCUT2D eigenvalue weighted by Gasteiger charge is -2.34. The van der Waals surface area contributed by atoms with E-state index in [0.717, 1.165) is 0 Å². The smallest absolute Gasteiger partial charge is 0.180 e. The maximum Gasteiger partial charge on any atom is 0.180 e. The van der Waals surface area contributed by atoms with Gasteiger partial charge < -0.3 is 9.64 Å². The van der Waals surface area contributed by atoms with Gasteiger partial charge in [0, 0.05) is 28.7 Å². The molecule has 3 unspecified atom stereocenters. The predicted octanol–water partition coefficient (Wildman–Crippen LogP) is 4.49. The van der Waals surface area contributed by atoms with Gasteiger partial charge >= 0.3 is 0 Å². The molecule has 0 N–H and O–H groups in total. The van der Waals surface area contributed by atoms with Crippen molar-refractivity contribution < 1.29 is 19.1 Å². The molecule has 0 amide bonds. The zero-order valence-corrected chi connectivity index (χ0v) is 20.1. The molecule has 6 nitrogen and oxygen atoms in total. The number of rotatable bonds is 3. The van der Waals surface area contributed by atoms with Gasteiger partial charge in [-0.3, -0.25) is 14.4 Å². The van der Waals surface area contributed by atoms with E-state index >= 15 is 0 Å². The van der Waals surface area contributed by atoms with Crippen molar-refractivity contribution in [2.45, 2.75) is 38.8 Å². The molecule has 2 aliphatic heterocycles. The second-order valence-electron chi connectivity index (χ2n) is 10.3. The molecule has 1 spiro atoms. The van der Waals surface area contributed by atoms with Crippen molar-refractivity contribution >= 4 is 17.3 Å². The normalized spacial score (nSPS) is 24.1.